The second kappa shape index (κ2) is 11.4. The zero-order valence-corrected chi connectivity index (χ0v) is 30.8. The maximum atomic E-state index is 6.54. The predicted molar refractivity (Wildman–Crippen MR) is 228 cm³/mol. The van der Waals surface area contributed by atoms with E-state index in [1.54, 1.807) is 0 Å². The fourth-order valence-electron chi connectivity index (χ4n) is 9.29. The van der Waals surface area contributed by atoms with Crippen molar-refractivity contribution in [1.82, 2.24) is 15.0 Å². The third-order valence-electron chi connectivity index (χ3n) is 12.0. The molecule has 2 aliphatic carbocycles. The maximum absolute atomic E-state index is 6.54. The lowest BCUT2D eigenvalue weighted by molar-refractivity contribution is 0.661. The Kier molecular flexibility index (Phi) is 6.37. The molecule has 0 fully saturated rings. The van der Waals surface area contributed by atoms with E-state index in [2.05, 4.69) is 166 Å². The normalized spacial score (nSPS) is 13.3. The van der Waals surface area contributed by atoms with Crippen LogP contribution in [0.5, 0.6) is 0 Å². The molecule has 10 aromatic rings. The van der Waals surface area contributed by atoms with E-state index in [4.69, 9.17) is 19.4 Å². The molecule has 0 N–H and O–H groups in total. The van der Waals surface area contributed by atoms with E-state index in [0.717, 1.165) is 44.5 Å². The van der Waals surface area contributed by atoms with E-state index in [-0.39, 0.29) is 5.41 Å². The van der Waals surface area contributed by atoms with Crippen LogP contribution in [-0.4, -0.2) is 15.0 Å². The molecule has 0 amide bonds. The fraction of sp³-hybridized carbons (Fsp3) is 0.0577. The molecule has 0 aliphatic heterocycles. The Labute approximate surface area is 323 Å². The van der Waals surface area contributed by atoms with Gasteiger partial charge in [0.05, 0.1) is 0 Å². The van der Waals surface area contributed by atoms with Gasteiger partial charge in [-0.15, -0.1) is 0 Å². The molecule has 262 valence electrons. The number of hydrogen-bond acceptors (Lipinski definition) is 4. The van der Waals surface area contributed by atoms with Crippen molar-refractivity contribution in [2.24, 2.45) is 0 Å². The summed E-state index contributed by atoms with van der Waals surface area (Å²) in [6.07, 6.45) is 0. The zero-order valence-electron chi connectivity index (χ0n) is 30.8. The SMILES string of the molecule is CC1(C)c2cc(-c3nc(-c4ccc(-c5ccccc5)cc4)nc(-c4cccc(-c5ccccc5)c4)n3)cc3c2-c2c1ccc1ccc4oc5cccc-3c5c4c21. The average molecular weight is 716 g/mol. The first-order valence-electron chi connectivity index (χ1n) is 19.2. The molecule has 0 spiro atoms. The molecule has 0 saturated heterocycles. The van der Waals surface area contributed by atoms with Gasteiger partial charge in [0.25, 0.3) is 0 Å². The highest BCUT2D eigenvalue weighted by Gasteiger charge is 2.41. The van der Waals surface area contributed by atoms with E-state index in [9.17, 15) is 0 Å². The monoisotopic (exact) mass is 715 g/mol. The highest BCUT2D eigenvalue weighted by atomic mass is 16.3. The van der Waals surface area contributed by atoms with E-state index >= 15 is 0 Å². The van der Waals surface area contributed by atoms with Crippen LogP contribution in [0.3, 0.4) is 0 Å². The standard InChI is InChI=1S/C52H33N3O/c1-52(2)40-25-23-33-24-26-43-48-44(33)47(40)45-39(38-17-10-18-42(56-43)46(38)48)28-37(29-41(45)52)51-54-49(34-21-19-32(20-22-34)30-11-5-3-6-12-30)53-50(55-51)36-16-9-15-35(27-36)31-13-7-4-8-14-31/h3-29H,1-2H3. The van der Waals surface area contributed by atoms with Crippen molar-refractivity contribution < 1.29 is 4.42 Å². The lowest BCUT2D eigenvalue weighted by Gasteiger charge is -2.23. The highest BCUT2D eigenvalue weighted by molar-refractivity contribution is 6.30. The summed E-state index contributed by atoms with van der Waals surface area (Å²) in [6, 6.07) is 58.0. The molecule has 0 unspecified atom stereocenters. The Bertz CT molecular complexity index is 3250. The third kappa shape index (κ3) is 4.44. The molecule has 2 heterocycles. The van der Waals surface area contributed by atoms with Crippen LogP contribution in [0.15, 0.2) is 168 Å². The topological polar surface area (TPSA) is 51.8 Å². The number of hydrogen-bond donors (Lipinski definition) is 0. The Hall–Kier alpha value is -7.17. The third-order valence-corrected chi connectivity index (χ3v) is 12.0. The number of nitrogens with zero attached hydrogens (tertiary/aromatic N) is 3. The minimum Gasteiger partial charge on any atom is -0.456 e. The van der Waals surface area contributed by atoms with Crippen LogP contribution in [-0.2, 0) is 5.41 Å². The lowest BCUT2D eigenvalue weighted by atomic mass is 9.80. The van der Waals surface area contributed by atoms with Crippen molar-refractivity contribution in [2.75, 3.05) is 0 Å². The van der Waals surface area contributed by atoms with Crippen LogP contribution in [0.25, 0.3) is 111 Å². The van der Waals surface area contributed by atoms with Gasteiger partial charge >= 0.3 is 0 Å². The summed E-state index contributed by atoms with van der Waals surface area (Å²) in [5.74, 6) is 1.91. The van der Waals surface area contributed by atoms with Gasteiger partial charge in [-0.1, -0.05) is 147 Å². The van der Waals surface area contributed by atoms with Crippen molar-refractivity contribution in [3.8, 4) is 78.7 Å². The summed E-state index contributed by atoms with van der Waals surface area (Å²) in [7, 11) is 0. The summed E-state index contributed by atoms with van der Waals surface area (Å²) in [5, 5.41) is 4.89. The van der Waals surface area contributed by atoms with E-state index in [1.807, 2.05) is 12.1 Å². The van der Waals surface area contributed by atoms with Gasteiger partial charge < -0.3 is 4.42 Å². The highest BCUT2D eigenvalue weighted by Crippen LogP contribution is 2.59. The van der Waals surface area contributed by atoms with Crippen LogP contribution in [0.4, 0.5) is 0 Å². The molecule has 8 aromatic carbocycles. The number of aromatic nitrogens is 3. The van der Waals surface area contributed by atoms with Crippen molar-refractivity contribution in [1.29, 1.82) is 0 Å². The van der Waals surface area contributed by atoms with Crippen LogP contribution < -0.4 is 0 Å². The average Bonchev–Trinajstić information content (AvgIpc) is 3.71. The molecular weight excluding hydrogens is 683 g/mol. The van der Waals surface area contributed by atoms with Crippen LogP contribution >= 0.6 is 0 Å². The van der Waals surface area contributed by atoms with Crippen molar-refractivity contribution in [2.45, 2.75) is 19.3 Å². The van der Waals surface area contributed by atoms with Crippen LogP contribution in [0.2, 0.25) is 0 Å². The smallest absolute Gasteiger partial charge is 0.164 e. The first kappa shape index (κ1) is 31.2. The van der Waals surface area contributed by atoms with Gasteiger partial charge in [0.15, 0.2) is 17.5 Å². The first-order chi connectivity index (χ1) is 27.5. The Morgan fingerprint density at radius 2 is 0.964 bits per heavy atom. The van der Waals surface area contributed by atoms with E-state index < -0.39 is 0 Å². The Morgan fingerprint density at radius 1 is 0.375 bits per heavy atom. The minimum absolute atomic E-state index is 0.253. The molecule has 2 aromatic heterocycles. The van der Waals surface area contributed by atoms with Crippen LogP contribution in [0.1, 0.15) is 25.0 Å². The van der Waals surface area contributed by atoms with Gasteiger partial charge in [-0.25, -0.2) is 15.0 Å². The summed E-state index contributed by atoms with van der Waals surface area (Å²) < 4.78 is 6.54. The first-order valence-corrected chi connectivity index (χ1v) is 19.2. The molecule has 0 bridgehead atoms. The largest absolute Gasteiger partial charge is 0.456 e. The van der Waals surface area contributed by atoms with Crippen molar-refractivity contribution in [3.63, 3.8) is 0 Å². The zero-order chi connectivity index (χ0) is 37.1. The summed E-state index contributed by atoms with van der Waals surface area (Å²) in [5.41, 5.74) is 16.6. The minimum atomic E-state index is -0.253. The number of fused-ring (bicyclic) bond motifs is 1. The van der Waals surface area contributed by atoms with Gasteiger partial charge in [-0.2, -0.15) is 0 Å². The molecule has 0 atom stereocenters. The maximum Gasteiger partial charge on any atom is 0.164 e. The van der Waals surface area contributed by atoms with Gasteiger partial charge in [0, 0.05) is 38.3 Å². The summed E-state index contributed by atoms with van der Waals surface area (Å²) in [4.78, 5) is 15.8. The molecule has 56 heavy (non-hydrogen) atoms. The molecule has 12 rings (SSSR count). The van der Waals surface area contributed by atoms with Gasteiger partial charge in [-0.3, -0.25) is 0 Å². The number of benzene rings is 8. The fourth-order valence-corrected chi connectivity index (χ4v) is 9.29. The number of rotatable bonds is 5. The molecule has 4 heteroatoms. The van der Waals surface area contributed by atoms with Gasteiger partial charge in [0.1, 0.15) is 11.2 Å². The second-order valence-corrected chi connectivity index (χ2v) is 15.6. The number of furan rings is 1. The predicted octanol–water partition coefficient (Wildman–Crippen LogP) is 13.5. The molecule has 0 radical (unpaired) electrons. The lowest BCUT2D eigenvalue weighted by Crippen LogP contribution is -2.15. The Morgan fingerprint density at radius 3 is 1.73 bits per heavy atom. The second-order valence-electron chi connectivity index (χ2n) is 15.6. The quantitative estimate of drug-likeness (QED) is 0.178. The Balaban J connectivity index is 1.11. The molecule has 0 saturated carbocycles. The summed E-state index contributed by atoms with van der Waals surface area (Å²) >= 11 is 0. The molecule has 4 nitrogen and oxygen atoms in total. The molecular formula is C52H33N3O. The van der Waals surface area contributed by atoms with Gasteiger partial charge in [-0.05, 0) is 91.4 Å². The molecule has 2 aliphatic rings. The van der Waals surface area contributed by atoms with Crippen molar-refractivity contribution in [3.05, 3.63) is 175 Å². The van der Waals surface area contributed by atoms with Crippen molar-refractivity contribution >= 4 is 32.7 Å². The van der Waals surface area contributed by atoms with Crippen LogP contribution in [0, 0.1) is 0 Å². The van der Waals surface area contributed by atoms with E-state index in [0.29, 0.717) is 17.5 Å². The van der Waals surface area contributed by atoms with E-state index in [1.165, 1.54) is 60.5 Å². The summed E-state index contributed by atoms with van der Waals surface area (Å²) in [6.45, 7) is 4.70. The van der Waals surface area contributed by atoms with Gasteiger partial charge in [0.2, 0.25) is 0 Å².